The van der Waals surface area contributed by atoms with E-state index < -0.39 is 5.91 Å². The summed E-state index contributed by atoms with van der Waals surface area (Å²) in [4.78, 5) is 18.2. The highest BCUT2D eigenvalue weighted by Gasteiger charge is 2.32. The Balaban J connectivity index is 1.54. The molecule has 2 N–H and O–H groups in total. The van der Waals surface area contributed by atoms with Gasteiger partial charge in [-0.1, -0.05) is 6.92 Å². The van der Waals surface area contributed by atoms with Crippen molar-refractivity contribution in [1.82, 2.24) is 15.4 Å². The Bertz CT molecular complexity index is 558. The van der Waals surface area contributed by atoms with Crippen LogP contribution in [0.3, 0.4) is 0 Å². The molecule has 3 heterocycles. The number of ether oxygens (including phenoxy) is 1. The molecule has 1 saturated heterocycles. The summed E-state index contributed by atoms with van der Waals surface area (Å²) in [6, 6.07) is 1.83. The van der Waals surface area contributed by atoms with Gasteiger partial charge < -0.3 is 4.74 Å². The maximum absolute atomic E-state index is 11.4. The maximum atomic E-state index is 11.4. The van der Waals surface area contributed by atoms with Crippen LogP contribution in [0.2, 0.25) is 0 Å². The van der Waals surface area contributed by atoms with E-state index in [-0.39, 0.29) is 0 Å². The van der Waals surface area contributed by atoms with Crippen molar-refractivity contribution in [3.8, 4) is 0 Å². The van der Waals surface area contributed by atoms with Crippen LogP contribution in [0.4, 0.5) is 0 Å². The molecular weight excluding hydrogens is 282 g/mol. The fraction of sp³-hybridized carbons (Fsp3) is 0.625. The van der Waals surface area contributed by atoms with Gasteiger partial charge in [0.15, 0.2) is 0 Å². The number of nitrogens with one attached hydrogen (secondary N) is 1. The van der Waals surface area contributed by atoms with Gasteiger partial charge in [0.2, 0.25) is 0 Å². The molecule has 0 aromatic carbocycles. The SMILES string of the molecule is CC1(CCCN2CCc3cc(C(=O)NO)cnc3C2)COC1. The molecule has 120 valence electrons. The first-order valence-electron chi connectivity index (χ1n) is 7.82. The van der Waals surface area contributed by atoms with E-state index in [1.165, 1.54) is 19.0 Å². The number of hydrogen-bond acceptors (Lipinski definition) is 5. The van der Waals surface area contributed by atoms with Crippen molar-refractivity contribution in [2.45, 2.75) is 32.7 Å². The largest absolute Gasteiger partial charge is 0.380 e. The first-order chi connectivity index (χ1) is 10.6. The van der Waals surface area contributed by atoms with E-state index in [0.717, 1.165) is 50.5 Å². The van der Waals surface area contributed by atoms with E-state index in [2.05, 4.69) is 16.8 Å². The van der Waals surface area contributed by atoms with Crippen LogP contribution < -0.4 is 5.48 Å². The highest BCUT2D eigenvalue weighted by molar-refractivity contribution is 5.93. The molecular formula is C16H23N3O3. The van der Waals surface area contributed by atoms with Crippen LogP contribution in [0.5, 0.6) is 0 Å². The molecule has 0 radical (unpaired) electrons. The van der Waals surface area contributed by atoms with Gasteiger partial charge in [-0.15, -0.1) is 0 Å². The number of fused-ring (bicyclic) bond motifs is 1. The van der Waals surface area contributed by atoms with Gasteiger partial charge in [-0.05, 0) is 37.4 Å². The third kappa shape index (κ3) is 3.29. The zero-order valence-corrected chi connectivity index (χ0v) is 13.0. The number of amides is 1. The number of carbonyl (C=O) groups excluding carboxylic acids is 1. The quantitative estimate of drug-likeness (QED) is 0.635. The molecule has 6 nitrogen and oxygen atoms in total. The number of rotatable bonds is 5. The molecule has 2 aliphatic rings. The minimum Gasteiger partial charge on any atom is -0.380 e. The number of hydroxylamine groups is 1. The minimum atomic E-state index is -0.506. The summed E-state index contributed by atoms with van der Waals surface area (Å²) >= 11 is 0. The predicted molar refractivity (Wildman–Crippen MR) is 80.6 cm³/mol. The molecule has 6 heteroatoms. The molecule has 1 fully saturated rings. The number of nitrogens with zero attached hydrogens (tertiary/aromatic N) is 2. The van der Waals surface area contributed by atoms with Gasteiger partial charge >= 0.3 is 0 Å². The van der Waals surface area contributed by atoms with Crippen molar-refractivity contribution in [2.24, 2.45) is 5.41 Å². The molecule has 0 atom stereocenters. The second kappa shape index (κ2) is 6.32. The average molecular weight is 305 g/mol. The third-order valence-corrected chi connectivity index (χ3v) is 4.65. The highest BCUT2D eigenvalue weighted by atomic mass is 16.5. The topological polar surface area (TPSA) is 74.7 Å². The van der Waals surface area contributed by atoms with Gasteiger partial charge in [0.25, 0.3) is 5.91 Å². The summed E-state index contributed by atoms with van der Waals surface area (Å²) in [5.41, 5.74) is 4.60. The Kier molecular flexibility index (Phi) is 4.42. The zero-order valence-electron chi connectivity index (χ0n) is 13.0. The van der Waals surface area contributed by atoms with Crippen molar-refractivity contribution in [1.29, 1.82) is 0 Å². The third-order valence-electron chi connectivity index (χ3n) is 4.65. The minimum absolute atomic E-state index is 0.387. The molecule has 1 aromatic rings. The summed E-state index contributed by atoms with van der Waals surface area (Å²) in [6.07, 6.45) is 4.81. The van der Waals surface area contributed by atoms with Gasteiger partial charge in [-0.2, -0.15) is 0 Å². The lowest BCUT2D eigenvalue weighted by Crippen LogP contribution is -2.40. The number of aromatic nitrogens is 1. The molecule has 0 bridgehead atoms. The lowest BCUT2D eigenvalue weighted by molar-refractivity contribution is -0.107. The van der Waals surface area contributed by atoms with E-state index in [0.29, 0.717) is 11.0 Å². The van der Waals surface area contributed by atoms with Crippen LogP contribution >= 0.6 is 0 Å². The van der Waals surface area contributed by atoms with Crippen LogP contribution in [0, 0.1) is 5.41 Å². The fourth-order valence-corrected chi connectivity index (χ4v) is 3.17. The lowest BCUT2D eigenvalue weighted by atomic mass is 9.83. The van der Waals surface area contributed by atoms with Crippen molar-refractivity contribution >= 4 is 5.91 Å². The van der Waals surface area contributed by atoms with E-state index in [4.69, 9.17) is 9.94 Å². The second-order valence-corrected chi connectivity index (χ2v) is 6.70. The molecule has 1 amide bonds. The van der Waals surface area contributed by atoms with Crippen LogP contribution in [0.15, 0.2) is 12.3 Å². The van der Waals surface area contributed by atoms with E-state index >= 15 is 0 Å². The normalized spacial score (nSPS) is 20.1. The smallest absolute Gasteiger partial charge is 0.276 e. The predicted octanol–water partition coefficient (Wildman–Crippen LogP) is 1.38. The van der Waals surface area contributed by atoms with Crippen LogP contribution in [0.1, 0.15) is 41.4 Å². The summed E-state index contributed by atoms with van der Waals surface area (Å²) < 4.78 is 5.29. The maximum Gasteiger partial charge on any atom is 0.276 e. The van der Waals surface area contributed by atoms with Crippen molar-refractivity contribution in [3.63, 3.8) is 0 Å². The van der Waals surface area contributed by atoms with Crippen molar-refractivity contribution in [3.05, 3.63) is 29.1 Å². The van der Waals surface area contributed by atoms with Gasteiger partial charge in [0, 0.05) is 24.7 Å². The lowest BCUT2D eigenvalue weighted by Gasteiger charge is -2.39. The molecule has 3 rings (SSSR count). The Morgan fingerprint density at radius 2 is 2.36 bits per heavy atom. The summed E-state index contributed by atoms with van der Waals surface area (Å²) in [5, 5.41) is 8.68. The second-order valence-electron chi connectivity index (χ2n) is 6.70. The Hall–Kier alpha value is -1.50. The summed E-state index contributed by atoms with van der Waals surface area (Å²) in [6.45, 7) is 6.99. The van der Waals surface area contributed by atoms with Gasteiger partial charge in [0.1, 0.15) is 0 Å². The Labute approximate surface area is 130 Å². The van der Waals surface area contributed by atoms with Gasteiger partial charge in [-0.25, -0.2) is 5.48 Å². The average Bonchev–Trinajstić information content (AvgIpc) is 2.52. The number of hydrogen-bond donors (Lipinski definition) is 2. The first kappa shape index (κ1) is 15.4. The molecule has 0 spiro atoms. The molecule has 0 saturated carbocycles. The number of carbonyl (C=O) groups is 1. The fourth-order valence-electron chi connectivity index (χ4n) is 3.17. The van der Waals surface area contributed by atoms with E-state index in [9.17, 15) is 4.79 Å². The molecule has 0 aliphatic carbocycles. The molecule has 0 unspecified atom stereocenters. The van der Waals surface area contributed by atoms with Crippen molar-refractivity contribution < 1.29 is 14.7 Å². The summed E-state index contributed by atoms with van der Waals surface area (Å²) in [5.74, 6) is -0.506. The van der Waals surface area contributed by atoms with E-state index in [1.807, 2.05) is 6.07 Å². The zero-order chi connectivity index (χ0) is 15.6. The molecule has 22 heavy (non-hydrogen) atoms. The summed E-state index contributed by atoms with van der Waals surface area (Å²) in [7, 11) is 0. The standard InChI is InChI=1S/C16H23N3O3/c1-16(10-22-11-16)4-2-5-19-6-3-12-7-13(15(20)18-21)8-17-14(12)9-19/h7-8,21H,2-6,9-11H2,1H3,(H,18,20). The van der Waals surface area contributed by atoms with Crippen LogP contribution in [0.25, 0.3) is 0 Å². The van der Waals surface area contributed by atoms with Gasteiger partial charge in [-0.3, -0.25) is 19.9 Å². The van der Waals surface area contributed by atoms with Crippen LogP contribution in [-0.2, 0) is 17.7 Å². The first-order valence-corrected chi connectivity index (χ1v) is 7.82. The highest BCUT2D eigenvalue weighted by Crippen LogP contribution is 2.32. The van der Waals surface area contributed by atoms with Gasteiger partial charge in [0.05, 0.1) is 24.5 Å². The molecule has 2 aliphatic heterocycles. The monoisotopic (exact) mass is 305 g/mol. The number of pyridine rings is 1. The van der Waals surface area contributed by atoms with E-state index in [1.54, 1.807) is 5.48 Å². The Morgan fingerprint density at radius 3 is 3.05 bits per heavy atom. The Morgan fingerprint density at radius 1 is 1.55 bits per heavy atom. The molecule has 1 aromatic heterocycles. The van der Waals surface area contributed by atoms with Crippen molar-refractivity contribution in [2.75, 3.05) is 26.3 Å². The van der Waals surface area contributed by atoms with Crippen LogP contribution in [-0.4, -0.2) is 47.3 Å².